The average molecular weight is 592 g/mol. The Hall–Kier alpha value is -3.50. The minimum absolute atomic E-state index is 0.0452. The highest BCUT2D eigenvalue weighted by molar-refractivity contribution is 7.92. The molecule has 214 valence electrons. The molecule has 11 heteroatoms. The number of sulfonamides is 1. The normalized spacial score (nSPS) is 12.0. The van der Waals surface area contributed by atoms with Gasteiger partial charge in [0.2, 0.25) is 21.8 Å². The summed E-state index contributed by atoms with van der Waals surface area (Å²) in [4.78, 5) is 28.4. The van der Waals surface area contributed by atoms with E-state index in [-0.39, 0.29) is 49.9 Å². The monoisotopic (exact) mass is 591 g/mol. The third-order valence-electron chi connectivity index (χ3n) is 6.23. The minimum atomic E-state index is -3.85. The zero-order valence-electron chi connectivity index (χ0n) is 22.3. The van der Waals surface area contributed by atoms with Crippen LogP contribution >= 0.6 is 11.6 Å². The first-order valence-electron chi connectivity index (χ1n) is 12.8. The molecule has 0 unspecified atom stereocenters. The molecule has 3 rings (SSSR count). The molecular formula is C29H32ClF2N3O4S. The molecule has 7 nitrogen and oxygen atoms in total. The summed E-state index contributed by atoms with van der Waals surface area (Å²) < 4.78 is 53.0. The van der Waals surface area contributed by atoms with E-state index in [2.05, 4.69) is 5.32 Å². The predicted octanol–water partition coefficient (Wildman–Crippen LogP) is 4.94. The lowest BCUT2D eigenvalue weighted by atomic mass is 10.0. The molecule has 0 bridgehead atoms. The molecule has 0 spiro atoms. The highest BCUT2D eigenvalue weighted by atomic mass is 35.5. The maximum Gasteiger partial charge on any atom is 0.243 e. The summed E-state index contributed by atoms with van der Waals surface area (Å²) >= 11 is 6.03. The van der Waals surface area contributed by atoms with E-state index >= 15 is 0 Å². The lowest BCUT2D eigenvalue weighted by molar-refractivity contribution is -0.141. The van der Waals surface area contributed by atoms with Gasteiger partial charge in [-0.3, -0.25) is 13.9 Å². The van der Waals surface area contributed by atoms with Crippen molar-refractivity contribution >= 4 is 39.1 Å². The minimum Gasteiger partial charge on any atom is -0.355 e. The fourth-order valence-corrected chi connectivity index (χ4v) is 5.36. The number of hydrogen-bond donors (Lipinski definition) is 1. The van der Waals surface area contributed by atoms with Gasteiger partial charge in [-0.2, -0.15) is 0 Å². The molecule has 0 saturated carbocycles. The number of anilines is 1. The molecule has 0 heterocycles. The molecule has 3 aromatic carbocycles. The topological polar surface area (TPSA) is 86.8 Å². The van der Waals surface area contributed by atoms with Gasteiger partial charge in [0, 0.05) is 43.6 Å². The van der Waals surface area contributed by atoms with Crippen molar-refractivity contribution in [1.82, 2.24) is 10.2 Å². The molecule has 0 fully saturated rings. The molecule has 40 heavy (non-hydrogen) atoms. The van der Waals surface area contributed by atoms with Crippen LogP contribution in [-0.2, 0) is 32.6 Å². The van der Waals surface area contributed by atoms with Gasteiger partial charge in [0.15, 0.2) is 11.6 Å². The van der Waals surface area contributed by atoms with Crippen LogP contribution in [0, 0.1) is 11.6 Å². The van der Waals surface area contributed by atoms with Gasteiger partial charge in [-0.15, -0.1) is 0 Å². The van der Waals surface area contributed by atoms with E-state index in [9.17, 15) is 26.8 Å². The highest BCUT2D eigenvalue weighted by Crippen LogP contribution is 2.22. The summed E-state index contributed by atoms with van der Waals surface area (Å²) in [6, 6.07) is 18.3. The standard InChI is InChI=1S/C29H32ClF2N3O4S/c1-3-33-29(37)27(18-21-8-5-4-6-9-21)34(20-22-11-13-23(30)14-12-22)28(36)10-7-17-35(40(2,38)39)24-15-16-25(31)26(32)19-24/h4-6,8-9,11-16,19,27H,3,7,10,17-18,20H2,1-2H3,(H,33,37)/t27-/m1/s1. The fraction of sp³-hybridized carbons (Fsp3) is 0.310. The zero-order chi connectivity index (χ0) is 29.3. The van der Waals surface area contributed by atoms with E-state index in [1.165, 1.54) is 11.0 Å². The Morgan fingerprint density at radius 2 is 1.62 bits per heavy atom. The van der Waals surface area contributed by atoms with Gasteiger partial charge in [-0.25, -0.2) is 17.2 Å². The Morgan fingerprint density at radius 3 is 2.23 bits per heavy atom. The van der Waals surface area contributed by atoms with Crippen molar-refractivity contribution in [1.29, 1.82) is 0 Å². The maximum absolute atomic E-state index is 13.8. The van der Waals surface area contributed by atoms with Crippen LogP contribution in [0.15, 0.2) is 72.8 Å². The number of nitrogens with one attached hydrogen (secondary N) is 1. The summed E-state index contributed by atoms with van der Waals surface area (Å²) in [5, 5.41) is 3.35. The third-order valence-corrected chi connectivity index (χ3v) is 7.68. The van der Waals surface area contributed by atoms with Gasteiger partial charge < -0.3 is 10.2 Å². The zero-order valence-corrected chi connectivity index (χ0v) is 23.9. The highest BCUT2D eigenvalue weighted by Gasteiger charge is 2.30. The van der Waals surface area contributed by atoms with Crippen molar-refractivity contribution in [2.75, 3.05) is 23.7 Å². The molecule has 1 atom stereocenters. The van der Waals surface area contributed by atoms with E-state index in [0.717, 1.165) is 33.8 Å². The van der Waals surface area contributed by atoms with Gasteiger partial charge in [0.05, 0.1) is 11.9 Å². The number of rotatable bonds is 13. The molecule has 0 aliphatic heterocycles. The number of benzene rings is 3. The molecule has 3 aromatic rings. The van der Waals surface area contributed by atoms with Crippen LogP contribution in [0.4, 0.5) is 14.5 Å². The Morgan fingerprint density at radius 1 is 0.950 bits per heavy atom. The van der Waals surface area contributed by atoms with E-state index in [0.29, 0.717) is 11.6 Å². The van der Waals surface area contributed by atoms with Crippen molar-refractivity contribution in [3.05, 3.63) is 101 Å². The van der Waals surface area contributed by atoms with Crippen LogP contribution in [-0.4, -0.2) is 50.5 Å². The molecule has 0 aliphatic carbocycles. The second-order valence-electron chi connectivity index (χ2n) is 9.29. The van der Waals surface area contributed by atoms with E-state index in [4.69, 9.17) is 11.6 Å². The van der Waals surface area contributed by atoms with Crippen molar-refractivity contribution in [3.63, 3.8) is 0 Å². The van der Waals surface area contributed by atoms with Crippen molar-refractivity contribution in [3.8, 4) is 0 Å². The predicted molar refractivity (Wildman–Crippen MR) is 152 cm³/mol. The van der Waals surface area contributed by atoms with Crippen LogP contribution < -0.4 is 9.62 Å². The largest absolute Gasteiger partial charge is 0.355 e. The molecule has 1 N–H and O–H groups in total. The number of nitrogens with zero attached hydrogens (tertiary/aromatic N) is 2. The summed E-state index contributed by atoms with van der Waals surface area (Å²) in [5.41, 5.74) is 1.59. The van der Waals surface area contributed by atoms with Crippen LogP contribution in [0.1, 0.15) is 30.9 Å². The molecular weight excluding hydrogens is 560 g/mol. The quantitative estimate of drug-likeness (QED) is 0.305. The van der Waals surface area contributed by atoms with E-state index in [1.54, 1.807) is 31.2 Å². The summed E-state index contributed by atoms with van der Waals surface area (Å²) in [5.74, 6) is -2.95. The SMILES string of the molecule is CCNC(=O)[C@@H](Cc1ccccc1)N(Cc1ccc(Cl)cc1)C(=O)CCCN(c1ccc(F)c(F)c1)S(C)(=O)=O. The van der Waals surface area contributed by atoms with Crippen LogP contribution in [0.5, 0.6) is 0 Å². The Kier molecular flexibility index (Phi) is 11.0. The summed E-state index contributed by atoms with van der Waals surface area (Å²) in [6.07, 6.45) is 1.22. The van der Waals surface area contributed by atoms with Gasteiger partial charge in [-0.05, 0) is 48.7 Å². The molecule has 0 radical (unpaired) electrons. The molecule has 0 aromatic heterocycles. The lowest BCUT2D eigenvalue weighted by Crippen LogP contribution is -2.50. The number of halogens is 3. The first-order chi connectivity index (χ1) is 19.0. The molecule has 0 saturated heterocycles. The number of carbonyl (C=O) groups excluding carboxylic acids is 2. The second-order valence-corrected chi connectivity index (χ2v) is 11.6. The lowest BCUT2D eigenvalue weighted by Gasteiger charge is -2.32. The number of amides is 2. The third kappa shape index (κ3) is 8.76. The van der Waals surface area contributed by atoms with Crippen LogP contribution in [0.2, 0.25) is 5.02 Å². The van der Waals surface area contributed by atoms with Gasteiger partial charge >= 0.3 is 0 Å². The van der Waals surface area contributed by atoms with E-state index < -0.39 is 27.7 Å². The first kappa shape index (κ1) is 31.0. The number of likely N-dealkylation sites (N-methyl/N-ethyl adjacent to an activating group) is 1. The van der Waals surface area contributed by atoms with Gasteiger partial charge in [0.25, 0.3) is 0 Å². The number of hydrogen-bond acceptors (Lipinski definition) is 4. The fourth-order valence-electron chi connectivity index (χ4n) is 4.28. The average Bonchev–Trinajstić information content (AvgIpc) is 2.91. The van der Waals surface area contributed by atoms with Gasteiger partial charge in [-0.1, -0.05) is 54.1 Å². The second kappa shape index (κ2) is 14.2. The smallest absolute Gasteiger partial charge is 0.243 e. The Bertz CT molecular complexity index is 1410. The van der Waals surface area contributed by atoms with Crippen LogP contribution in [0.25, 0.3) is 0 Å². The van der Waals surface area contributed by atoms with Crippen molar-refractivity contribution in [2.24, 2.45) is 0 Å². The molecule has 0 aliphatic rings. The van der Waals surface area contributed by atoms with Gasteiger partial charge in [0.1, 0.15) is 6.04 Å². The Labute approximate surface area is 238 Å². The Balaban J connectivity index is 1.86. The van der Waals surface area contributed by atoms with Crippen molar-refractivity contribution < 1.29 is 26.8 Å². The van der Waals surface area contributed by atoms with E-state index in [1.807, 2.05) is 30.3 Å². The van der Waals surface area contributed by atoms with Crippen molar-refractivity contribution in [2.45, 2.75) is 38.8 Å². The maximum atomic E-state index is 13.8. The first-order valence-corrected chi connectivity index (χ1v) is 15.0. The molecule has 2 amide bonds. The summed E-state index contributed by atoms with van der Waals surface area (Å²) in [7, 11) is -3.85. The number of carbonyl (C=O) groups is 2. The van der Waals surface area contributed by atoms with Crippen LogP contribution in [0.3, 0.4) is 0 Å². The summed E-state index contributed by atoms with van der Waals surface area (Å²) in [6.45, 7) is 2.16.